The van der Waals surface area contributed by atoms with Crippen LogP contribution >= 0.6 is 0 Å². The number of unbranched alkanes of at least 4 members (excludes halogenated alkanes) is 1. The lowest BCUT2D eigenvalue weighted by Crippen LogP contribution is -2.42. The van der Waals surface area contributed by atoms with Gasteiger partial charge < -0.3 is 25.3 Å². The fourth-order valence-electron chi connectivity index (χ4n) is 2.68. The van der Waals surface area contributed by atoms with Crippen molar-refractivity contribution in [3.05, 3.63) is 29.8 Å². The van der Waals surface area contributed by atoms with Gasteiger partial charge in [0, 0.05) is 12.8 Å². The number of benzene rings is 1. The van der Waals surface area contributed by atoms with E-state index in [1.807, 2.05) is 24.3 Å². The highest BCUT2D eigenvalue weighted by atomic mass is 16.6. The largest absolute Gasteiger partial charge is 0.491 e. The number of esters is 1. The Kier molecular flexibility index (Phi) is 10.7. The molecule has 1 atom stereocenters. The fourth-order valence-corrected chi connectivity index (χ4v) is 2.68. The van der Waals surface area contributed by atoms with E-state index in [9.17, 15) is 14.4 Å². The Bertz CT molecular complexity index is 699. The second kappa shape index (κ2) is 12.7. The van der Waals surface area contributed by atoms with E-state index in [4.69, 9.17) is 15.2 Å². The number of hydrogen-bond donors (Lipinski definition) is 2. The van der Waals surface area contributed by atoms with Crippen molar-refractivity contribution in [3.63, 3.8) is 0 Å². The molecule has 0 bridgehead atoms. The topological polar surface area (TPSA) is 117 Å². The molecule has 8 heteroatoms. The Balaban J connectivity index is 2.58. The molecule has 30 heavy (non-hydrogen) atoms. The van der Waals surface area contributed by atoms with Gasteiger partial charge in [0.15, 0.2) is 0 Å². The highest BCUT2D eigenvalue weighted by Crippen LogP contribution is 2.17. The summed E-state index contributed by atoms with van der Waals surface area (Å²) in [6.45, 7) is 5.51. The number of rotatable bonds is 12. The van der Waals surface area contributed by atoms with E-state index in [2.05, 4.69) is 10.1 Å². The van der Waals surface area contributed by atoms with Crippen LogP contribution < -0.4 is 15.8 Å². The predicted octanol–water partition coefficient (Wildman–Crippen LogP) is 3.11. The lowest BCUT2D eigenvalue weighted by atomic mass is 10.1. The Morgan fingerprint density at radius 2 is 1.87 bits per heavy atom. The average Bonchev–Trinajstić information content (AvgIpc) is 2.66. The lowest BCUT2D eigenvalue weighted by molar-refractivity contribution is -0.140. The maximum absolute atomic E-state index is 12.1. The third kappa shape index (κ3) is 11.9. The molecular formula is C22H34N2O6. The smallest absolute Gasteiger partial charge is 0.407 e. The van der Waals surface area contributed by atoms with Crippen LogP contribution in [0.1, 0.15) is 58.4 Å². The first kappa shape index (κ1) is 25.3. The standard InChI is InChI=1S/C22H34N2O6/c1-22(2,3)30-21(27)24-17(12-13-19(23)25)15-29-18-10-7-9-16(14-18)8-5-6-11-20(26)28-4/h7,9-10,14,17H,5-6,8,11-13,15H2,1-4H3,(H2,23,25)(H,24,27)/t17-/m0/s1. The van der Waals surface area contributed by atoms with Crippen molar-refractivity contribution in [2.45, 2.75) is 70.9 Å². The third-order valence-electron chi connectivity index (χ3n) is 4.13. The summed E-state index contributed by atoms with van der Waals surface area (Å²) in [7, 11) is 1.39. The van der Waals surface area contributed by atoms with Crippen LogP contribution in [0.25, 0.3) is 0 Å². The van der Waals surface area contributed by atoms with Gasteiger partial charge in [0.1, 0.15) is 18.0 Å². The minimum Gasteiger partial charge on any atom is -0.491 e. The summed E-state index contributed by atoms with van der Waals surface area (Å²) in [5.41, 5.74) is 5.70. The molecule has 0 aromatic heterocycles. The van der Waals surface area contributed by atoms with E-state index < -0.39 is 23.6 Å². The molecule has 1 rings (SSSR count). The van der Waals surface area contributed by atoms with Gasteiger partial charge in [0.2, 0.25) is 5.91 Å². The highest BCUT2D eigenvalue weighted by Gasteiger charge is 2.20. The number of nitrogens with one attached hydrogen (secondary N) is 1. The summed E-state index contributed by atoms with van der Waals surface area (Å²) < 4.78 is 15.7. The second-order valence-corrected chi connectivity index (χ2v) is 8.09. The van der Waals surface area contributed by atoms with Crippen molar-refractivity contribution < 1.29 is 28.6 Å². The van der Waals surface area contributed by atoms with Gasteiger partial charge in [-0.1, -0.05) is 12.1 Å². The maximum atomic E-state index is 12.1. The normalized spacial score (nSPS) is 12.0. The first-order valence-electron chi connectivity index (χ1n) is 10.2. The number of aryl methyl sites for hydroxylation is 1. The van der Waals surface area contributed by atoms with Crippen LogP contribution in [0, 0.1) is 0 Å². The first-order valence-corrected chi connectivity index (χ1v) is 10.2. The van der Waals surface area contributed by atoms with E-state index in [0.717, 1.165) is 24.8 Å². The molecule has 0 aliphatic heterocycles. The Morgan fingerprint density at radius 1 is 1.13 bits per heavy atom. The van der Waals surface area contributed by atoms with E-state index in [-0.39, 0.29) is 19.0 Å². The number of amides is 2. The van der Waals surface area contributed by atoms with Crippen molar-refractivity contribution in [1.82, 2.24) is 5.32 Å². The van der Waals surface area contributed by atoms with Crippen LogP contribution in [0.2, 0.25) is 0 Å². The molecule has 0 radical (unpaired) electrons. The number of primary amides is 1. The summed E-state index contributed by atoms with van der Waals surface area (Å²) >= 11 is 0. The van der Waals surface area contributed by atoms with Crippen LogP contribution in [0.5, 0.6) is 5.75 Å². The van der Waals surface area contributed by atoms with Gasteiger partial charge in [-0.05, 0) is 64.2 Å². The molecule has 168 valence electrons. The van der Waals surface area contributed by atoms with E-state index in [1.54, 1.807) is 20.8 Å². The van der Waals surface area contributed by atoms with Crippen LogP contribution in [0.3, 0.4) is 0 Å². The van der Waals surface area contributed by atoms with Gasteiger partial charge in [0.25, 0.3) is 0 Å². The zero-order valence-corrected chi connectivity index (χ0v) is 18.4. The monoisotopic (exact) mass is 422 g/mol. The Hall–Kier alpha value is -2.77. The number of carbonyl (C=O) groups excluding carboxylic acids is 3. The SMILES string of the molecule is COC(=O)CCCCc1cccc(OC[C@H](CCC(N)=O)NC(=O)OC(C)(C)C)c1. The van der Waals surface area contributed by atoms with Crippen LogP contribution in [0.15, 0.2) is 24.3 Å². The zero-order chi connectivity index (χ0) is 22.6. The molecule has 8 nitrogen and oxygen atoms in total. The van der Waals surface area contributed by atoms with E-state index in [0.29, 0.717) is 18.6 Å². The number of nitrogens with two attached hydrogens (primary N) is 1. The van der Waals surface area contributed by atoms with Gasteiger partial charge in [-0.15, -0.1) is 0 Å². The molecular weight excluding hydrogens is 388 g/mol. The minimum atomic E-state index is -0.624. The van der Waals surface area contributed by atoms with Crippen molar-refractivity contribution in [2.75, 3.05) is 13.7 Å². The molecule has 3 N–H and O–H groups in total. The number of carbonyl (C=O) groups is 3. The molecule has 2 amide bonds. The molecule has 0 aliphatic rings. The van der Waals surface area contributed by atoms with Crippen molar-refractivity contribution in [2.24, 2.45) is 5.73 Å². The summed E-state index contributed by atoms with van der Waals surface area (Å²) in [4.78, 5) is 34.4. The van der Waals surface area contributed by atoms with Gasteiger partial charge in [-0.3, -0.25) is 9.59 Å². The van der Waals surface area contributed by atoms with Crippen molar-refractivity contribution in [3.8, 4) is 5.75 Å². The van der Waals surface area contributed by atoms with Gasteiger partial charge in [-0.25, -0.2) is 4.79 Å². The van der Waals surface area contributed by atoms with Gasteiger partial charge >= 0.3 is 12.1 Å². The number of ether oxygens (including phenoxy) is 3. The lowest BCUT2D eigenvalue weighted by Gasteiger charge is -2.23. The van der Waals surface area contributed by atoms with E-state index >= 15 is 0 Å². The fraction of sp³-hybridized carbons (Fsp3) is 0.591. The number of hydrogen-bond acceptors (Lipinski definition) is 6. The molecule has 0 unspecified atom stereocenters. The van der Waals surface area contributed by atoms with Crippen LogP contribution in [0.4, 0.5) is 4.79 Å². The van der Waals surface area contributed by atoms with Gasteiger partial charge in [0.05, 0.1) is 13.2 Å². The summed E-state index contributed by atoms with van der Waals surface area (Å²) in [6, 6.07) is 7.23. The molecule has 1 aromatic carbocycles. The van der Waals surface area contributed by atoms with E-state index in [1.165, 1.54) is 7.11 Å². The van der Waals surface area contributed by atoms with Crippen LogP contribution in [-0.2, 0) is 25.5 Å². The Labute approximate surface area is 178 Å². The summed E-state index contributed by atoms with van der Waals surface area (Å²) in [6.07, 6.45) is 2.75. The second-order valence-electron chi connectivity index (χ2n) is 8.09. The summed E-state index contributed by atoms with van der Waals surface area (Å²) in [5, 5.41) is 2.73. The highest BCUT2D eigenvalue weighted by molar-refractivity contribution is 5.74. The van der Waals surface area contributed by atoms with Gasteiger partial charge in [-0.2, -0.15) is 0 Å². The quantitative estimate of drug-likeness (QED) is 0.395. The molecule has 0 heterocycles. The zero-order valence-electron chi connectivity index (χ0n) is 18.4. The summed E-state index contributed by atoms with van der Waals surface area (Å²) in [5.74, 6) is 0.0158. The molecule has 0 spiro atoms. The Morgan fingerprint density at radius 3 is 2.50 bits per heavy atom. The maximum Gasteiger partial charge on any atom is 0.407 e. The number of alkyl carbamates (subject to hydrolysis) is 1. The number of methoxy groups -OCH3 is 1. The molecule has 1 aromatic rings. The van der Waals surface area contributed by atoms with Crippen molar-refractivity contribution in [1.29, 1.82) is 0 Å². The first-order chi connectivity index (χ1) is 14.1. The third-order valence-corrected chi connectivity index (χ3v) is 4.13. The average molecular weight is 423 g/mol. The van der Waals surface area contributed by atoms with Crippen molar-refractivity contribution >= 4 is 18.0 Å². The van der Waals surface area contributed by atoms with Crippen LogP contribution in [-0.4, -0.2) is 43.3 Å². The molecule has 0 aliphatic carbocycles. The molecule has 0 saturated heterocycles. The molecule has 0 fully saturated rings. The predicted molar refractivity (Wildman–Crippen MR) is 113 cm³/mol. The molecule has 0 saturated carbocycles. The minimum absolute atomic E-state index is 0.129.